The van der Waals surface area contributed by atoms with E-state index in [9.17, 15) is 19.7 Å². The Labute approximate surface area is 170 Å². The second-order valence-electron chi connectivity index (χ2n) is 6.13. The number of nitro groups is 1. The summed E-state index contributed by atoms with van der Waals surface area (Å²) in [4.78, 5) is 34.7. The highest BCUT2D eigenvalue weighted by Gasteiger charge is 2.13. The lowest BCUT2D eigenvalue weighted by molar-refractivity contribution is -0.384. The Kier molecular flexibility index (Phi) is 6.06. The van der Waals surface area contributed by atoms with Crippen LogP contribution in [0.15, 0.2) is 59.4 Å². The summed E-state index contributed by atoms with van der Waals surface area (Å²) in [6, 6.07) is 13.4. The minimum absolute atomic E-state index is 0.0918. The van der Waals surface area contributed by atoms with Gasteiger partial charge in [-0.2, -0.15) is 5.10 Å². The van der Waals surface area contributed by atoms with E-state index in [0.29, 0.717) is 28.4 Å². The van der Waals surface area contributed by atoms with Gasteiger partial charge in [0.05, 0.1) is 24.8 Å². The molecule has 0 unspecified atom stereocenters. The second kappa shape index (κ2) is 8.86. The number of nitrogens with zero attached hydrogens (tertiary/aromatic N) is 3. The van der Waals surface area contributed by atoms with E-state index in [1.807, 2.05) is 0 Å². The number of nitrogens with one attached hydrogen (secondary N) is 1. The van der Waals surface area contributed by atoms with Gasteiger partial charge in [0.1, 0.15) is 18.0 Å². The maximum Gasteiger partial charge on any atom is 0.269 e. The first kappa shape index (κ1) is 20.5. The van der Waals surface area contributed by atoms with Crippen LogP contribution in [-0.2, 0) is 11.3 Å². The Balaban J connectivity index is 1.83. The van der Waals surface area contributed by atoms with Crippen molar-refractivity contribution in [2.24, 2.45) is 0 Å². The number of benzene rings is 2. The van der Waals surface area contributed by atoms with Gasteiger partial charge in [-0.15, -0.1) is 0 Å². The third-order valence-corrected chi connectivity index (χ3v) is 4.20. The molecule has 0 saturated carbocycles. The van der Waals surface area contributed by atoms with Crippen LogP contribution >= 0.6 is 0 Å². The molecule has 1 N–H and O–H groups in total. The second-order valence-corrected chi connectivity index (χ2v) is 6.13. The fourth-order valence-electron chi connectivity index (χ4n) is 2.72. The summed E-state index contributed by atoms with van der Waals surface area (Å²) >= 11 is 0. The molecule has 0 radical (unpaired) electrons. The van der Waals surface area contributed by atoms with Gasteiger partial charge in [-0.05, 0) is 36.4 Å². The summed E-state index contributed by atoms with van der Waals surface area (Å²) < 4.78 is 11.6. The Morgan fingerprint density at radius 3 is 2.47 bits per heavy atom. The number of methoxy groups -OCH3 is 2. The Hall–Kier alpha value is -4.21. The molecule has 1 heterocycles. The zero-order chi connectivity index (χ0) is 21.7. The zero-order valence-corrected chi connectivity index (χ0v) is 16.2. The molecule has 154 valence electrons. The first-order chi connectivity index (χ1) is 14.4. The molecule has 0 aliphatic heterocycles. The van der Waals surface area contributed by atoms with E-state index >= 15 is 0 Å². The maximum absolute atomic E-state index is 12.3. The molecule has 0 saturated heterocycles. The molecule has 0 spiro atoms. The highest BCUT2D eigenvalue weighted by Crippen LogP contribution is 2.31. The molecule has 10 nitrogen and oxygen atoms in total. The number of hydrogen-bond acceptors (Lipinski definition) is 7. The largest absolute Gasteiger partial charge is 0.497 e. The van der Waals surface area contributed by atoms with Crippen molar-refractivity contribution in [3.8, 4) is 22.8 Å². The van der Waals surface area contributed by atoms with Crippen LogP contribution in [0.3, 0.4) is 0 Å². The molecule has 1 amide bonds. The topological polar surface area (TPSA) is 126 Å². The molecule has 3 aromatic rings. The van der Waals surface area contributed by atoms with Crippen molar-refractivity contribution < 1.29 is 19.2 Å². The number of hydrogen-bond donors (Lipinski definition) is 1. The maximum atomic E-state index is 12.3. The monoisotopic (exact) mass is 410 g/mol. The molecule has 1 aromatic heterocycles. The SMILES string of the molecule is COc1ccc(OC)c(-c2ccc(=O)n(CC(=O)Nc3ccc([N+](=O)[O-])cc3)n2)c1. The standard InChI is InChI=1S/C20H18N4O6/c1-29-15-7-9-18(30-2)16(11-15)17-8-10-20(26)23(22-17)12-19(25)21-13-3-5-14(6-4-13)24(27)28/h3-11H,12H2,1-2H3,(H,21,25). The molecular formula is C20H18N4O6. The molecule has 0 bridgehead atoms. The van der Waals surface area contributed by atoms with Crippen molar-refractivity contribution in [3.63, 3.8) is 0 Å². The Morgan fingerprint density at radius 1 is 1.10 bits per heavy atom. The van der Waals surface area contributed by atoms with Crippen LogP contribution in [0, 0.1) is 10.1 Å². The fourth-order valence-corrected chi connectivity index (χ4v) is 2.72. The van der Waals surface area contributed by atoms with Gasteiger partial charge in [-0.25, -0.2) is 4.68 Å². The van der Waals surface area contributed by atoms with Crippen LogP contribution in [0.2, 0.25) is 0 Å². The summed E-state index contributed by atoms with van der Waals surface area (Å²) in [5, 5.41) is 17.5. The van der Waals surface area contributed by atoms with Crippen LogP contribution in [-0.4, -0.2) is 34.8 Å². The van der Waals surface area contributed by atoms with Crippen molar-refractivity contribution in [3.05, 3.63) is 75.1 Å². The van der Waals surface area contributed by atoms with E-state index < -0.39 is 16.4 Å². The molecule has 10 heteroatoms. The summed E-state index contributed by atoms with van der Waals surface area (Å²) in [5.41, 5.74) is 0.837. The van der Waals surface area contributed by atoms with E-state index in [2.05, 4.69) is 10.4 Å². The van der Waals surface area contributed by atoms with Gasteiger partial charge >= 0.3 is 0 Å². The van der Waals surface area contributed by atoms with Crippen molar-refractivity contribution in [2.75, 3.05) is 19.5 Å². The number of carbonyl (C=O) groups excluding carboxylic acids is 1. The molecule has 30 heavy (non-hydrogen) atoms. The lowest BCUT2D eigenvalue weighted by Crippen LogP contribution is -2.29. The fraction of sp³-hybridized carbons (Fsp3) is 0.150. The lowest BCUT2D eigenvalue weighted by Gasteiger charge is -2.12. The number of aromatic nitrogens is 2. The van der Waals surface area contributed by atoms with Crippen molar-refractivity contribution >= 4 is 17.3 Å². The molecule has 0 fully saturated rings. The van der Waals surface area contributed by atoms with Gasteiger partial charge in [-0.1, -0.05) is 0 Å². The van der Waals surface area contributed by atoms with Gasteiger partial charge in [0.25, 0.3) is 11.2 Å². The molecular weight excluding hydrogens is 392 g/mol. The Bertz CT molecular complexity index is 1140. The smallest absolute Gasteiger partial charge is 0.269 e. The van der Waals surface area contributed by atoms with Crippen molar-refractivity contribution in [1.29, 1.82) is 0 Å². The number of carbonyl (C=O) groups is 1. The van der Waals surface area contributed by atoms with Crippen molar-refractivity contribution in [1.82, 2.24) is 9.78 Å². The minimum Gasteiger partial charge on any atom is -0.497 e. The number of rotatable bonds is 7. The summed E-state index contributed by atoms with van der Waals surface area (Å²) in [5.74, 6) is 0.610. The van der Waals surface area contributed by atoms with Gasteiger partial charge in [0.15, 0.2) is 0 Å². The predicted molar refractivity (Wildman–Crippen MR) is 109 cm³/mol. The van der Waals surface area contributed by atoms with E-state index in [4.69, 9.17) is 9.47 Å². The zero-order valence-electron chi connectivity index (χ0n) is 16.2. The number of ether oxygens (including phenoxy) is 2. The molecule has 0 aliphatic carbocycles. The molecule has 2 aromatic carbocycles. The van der Waals surface area contributed by atoms with Crippen LogP contribution in [0.1, 0.15) is 0 Å². The van der Waals surface area contributed by atoms with Crippen LogP contribution in [0.25, 0.3) is 11.3 Å². The van der Waals surface area contributed by atoms with Gasteiger partial charge < -0.3 is 14.8 Å². The summed E-state index contributed by atoms with van der Waals surface area (Å²) in [6.07, 6.45) is 0. The van der Waals surface area contributed by atoms with E-state index in [0.717, 1.165) is 4.68 Å². The third kappa shape index (κ3) is 4.61. The normalized spacial score (nSPS) is 10.3. The number of non-ortho nitro benzene ring substituents is 1. The number of amides is 1. The third-order valence-electron chi connectivity index (χ3n) is 4.20. The lowest BCUT2D eigenvalue weighted by atomic mass is 10.1. The quantitative estimate of drug-likeness (QED) is 0.468. The molecule has 0 atom stereocenters. The highest BCUT2D eigenvalue weighted by atomic mass is 16.6. The minimum atomic E-state index is -0.534. The first-order valence-corrected chi connectivity index (χ1v) is 8.76. The summed E-state index contributed by atoms with van der Waals surface area (Å²) in [7, 11) is 3.04. The number of anilines is 1. The average Bonchev–Trinajstić information content (AvgIpc) is 2.75. The molecule has 3 rings (SSSR count). The van der Waals surface area contributed by atoms with E-state index in [1.54, 1.807) is 18.2 Å². The van der Waals surface area contributed by atoms with E-state index in [-0.39, 0.29) is 12.2 Å². The molecule has 0 aliphatic rings. The van der Waals surface area contributed by atoms with Crippen molar-refractivity contribution in [2.45, 2.75) is 6.54 Å². The summed E-state index contributed by atoms with van der Waals surface area (Å²) in [6.45, 7) is -0.337. The highest BCUT2D eigenvalue weighted by molar-refractivity contribution is 5.90. The number of nitro benzene ring substituents is 1. The van der Waals surface area contributed by atoms with Crippen LogP contribution in [0.5, 0.6) is 11.5 Å². The van der Waals surface area contributed by atoms with Gasteiger partial charge in [0.2, 0.25) is 5.91 Å². The van der Waals surface area contributed by atoms with E-state index in [1.165, 1.54) is 50.6 Å². The first-order valence-electron chi connectivity index (χ1n) is 8.76. The van der Waals surface area contributed by atoms with Gasteiger partial charge in [-0.3, -0.25) is 19.7 Å². The van der Waals surface area contributed by atoms with Crippen LogP contribution in [0.4, 0.5) is 11.4 Å². The van der Waals surface area contributed by atoms with Gasteiger partial charge in [0, 0.05) is 29.4 Å². The predicted octanol–water partition coefficient (Wildman–Crippen LogP) is 2.47. The average molecular weight is 410 g/mol. The Morgan fingerprint density at radius 2 is 1.83 bits per heavy atom. The van der Waals surface area contributed by atoms with Crippen LogP contribution < -0.4 is 20.3 Å².